The maximum Gasteiger partial charge on any atom is 0.228 e. The molecule has 0 bridgehead atoms. The summed E-state index contributed by atoms with van der Waals surface area (Å²) in [7, 11) is 0. The van der Waals surface area contributed by atoms with Crippen molar-refractivity contribution in [1.29, 1.82) is 0 Å². The highest BCUT2D eigenvalue weighted by Crippen LogP contribution is 2.38. The highest BCUT2D eigenvalue weighted by molar-refractivity contribution is 7.09. The molecule has 4 heterocycles. The normalized spacial score (nSPS) is 15.7. The predicted octanol–water partition coefficient (Wildman–Crippen LogP) is 3.07. The van der Waals surface area contributed by atoms with Gasteiger partial charge in [-0.2, -0.15) is 14.5 Å². The van der Waals surface area contributed by atoms with Crippen LogP contribution in [0.4, 0.5) is 16.9 Å². The summed E-state index contributed by atoms with van der Waals surface area (Å²) in [5.74, 6) is 1.07. The molecule has 5 rings (SSSR count). The first-order chi connectivity index (χ1) is 16.7. The second kappa shape index (κ2) is 9.84. The van der Waals surface area contributed by atoms with Crippen LogP contribution in [-0.2, 0) is 13.2 Å². The van der Waals surface area contributed by atoms with Crippen molar-refractivity contribution >= 4 is 28.4 Å². The molecule has 176 valence electrons. The molecular formula is C23H26N8O2S. The average Bonchev–Trinajstić information content (AvgIpc) is 3.62. The van der Waals surface area contributed by atoms with Crippen LogP contribution in [0.5, 0.6) is 0 Å². The van der Waals surface area contributed by atoms with Gasteiger partial charge in [-0.05, 0) is 25.3 Å². The number of benzene rings is 1. The maximum atomic E-state index is 10.3. The molecule has 1 aliphatic rings. The minimum absolute atomic E-state index is 0.0150. The van der Waals surface area contributed by atoms with Gasteiger partial charge in [0, 0.05) is 35.4 Å². The van der Waals surface area contributed by atoms with E-state index in [2.05, 4.69) is 55.9 Å². The van der Waals surface area contributed by atoms with E-state index < -0.39 is 0 Å². The van der Waals surface area contributed by atoms with Crippen molar-refractivity contribution in [3.63, 3.8) is 0 Å². The van der Waals surface area contributed by atoms with Gasteiger partial charge in [0.15, 0.2) is 0 Å². The summed E-state index contributed by atoms with van der Waals surface area (Å²) in [4.78, 5) is 16.2. The van der Waals surface area contributed by atoms with Crippen molar-refractivity contribution in [2.45, 2.75) is 39.0 Å². The number of hydrogen-bond acceptors (Lipinski definition) is 10. The number of aromatic nitrogens is 6. The van der Waals surface area contributed by atoms with Crippen molar-refractivity contribution in [3.05, 3.63) is 59.7 Å². The van der Waals surface area contributed by atoms with E-state index in [0.717, 1.165) is 24.9 Å². The zero-order chi connectivity index (χ0) is 23.5. The third-order valence-corrected chi connectivity index (χ3v) is 6.53. The predicted molar refractivity (Wildman–Crippen MR) is 130 cm³/mol. The van der Waals surface area contributed by atoms with Gasteiger partial charge < -0.3 is 20.4 Å². The maximum absolute atomic E-state index is 10.3. The van der Waals surface area contributed by atoms with E-state index in [1.807, 2.05) is 6.20 Å². The topological polar surface area (TPSA) is 125 Å². The minimum atomic E-state index is -0.261. The van der Waals surface area contributed by atoms with Crippen molar-refractivity contribution in [3.8, 4) is 11.3 Å². The molecule has 1 aliphatic heterocycles. The molecule has 0 unspecified atom stereocenters. The van der Waals surface area contributed by atoms with E-state index >= 15 is 0 Å². The van der Waals surface area contributed by atoms with Crippen molar-refractivity contribution in [2.75, 3.05) is 23.4 Å². The van der Waals surface area contributed by atoms with Gasteiger partial charge in [0.1, 0.15) is 12.1 Å². The molecule has 0 radical (unpaired) electrons. The molecular weight excluding hydrogens is 452 g/mol. The van der Waals surface area contributed by atoms with Crippen LogP contribution in [0.25, 0.3) is 11.3 Å². The molecule has 0 aliphatic carbocycles. The number of nitrogens with zero attached hydrogens (tertiary/aromatic N) is 7. The van der Waals surface area contributed by atoms with Crippen LogP contribution in [0.1, 0.15) is 35.6 Å². The molecule has 1 fully saturated rings. The fraction of sp³-hybridized carbons (Fsp3) is 0.348. The second-order valence-corrected chi connectivity index (χ2v) is 8.99. The monoisotopic (exact) mass is 478 g/mol. The summed E-state index contributed by atoms with van der Waals surface area (Å²) in [6.45, 7) is 3.02. The van der Waals surface area contributed by atoms with Gasteiger partial charge >= 0.3 is 0 Å². The highest BCUT2D eigenvalue weighted by atomic mass is 32.1. The summed E-state index contributed by atoms with van der Waals surface area (Å²) < 4.78 is 5.71. The molecule has 3 N–H and O–H groups in total. The Morgan fingerprint density at radius 1 is 1.18 bits per heavy atom. The third kappa shape index (κ3) is 4.49. The Morgan fingerprint density at radius 2 is 2.03 bits per heavy atom. The zero-order valence-electron chi connectivity index (χ0n) is 18.8. The molecule has 0 saturated carbocycles. The Bertz CT molecular complexity index is 1240. The van der Waals surface area contributed by atoms with Crippen LogP contribution < -0.4 is 10.2 Å². The SMILES string of the molecule is Cc1ccc([C@@H]2CCCN2c2nc(Nc3ncns3)c(CO)c(-c3cnn(CCO)c3)n2)cc1. The molecule has 0 spiro atoms. The van der Waals surface area contributed by atoms with E-state index in [9.17, 15) is 10.2 Å². The Morgan fingerprint density at radius 3 is 2.76 bits per heavy atom. The highest BCUT2D eigenvalue weighted by Gasteiger charge is 2.30. The lowest BCUT2D eigenvalue weighted by molar-refractivity contribution is 0.269. The first kappa shape index (κ1) is 22.4. The Kier molecular flexibility index (Phi) is 6.48. The van der Waals surface area contributed by atoms with Crippen LogP contribution >= 0.6 is 11.5 Å². The molecule has 1 aromatic carbocycles. The van der Waals surface area contributed by atoms with Crippen molar-refractivity contribution in [2.24, 2.45) is 0 Å². The smallest absolute Gasteiger partial charge is 0.228 e. The fourth-order valence-electron chi connectivity index (χ4n) is 4.27. The second-order valence-electron chi connectivity index (χ2n) is 8.21. The molecule has 11 heteroatoms. The fourth-order valence-corrected chi connectivity index (χ4v) is 4.70. The Labute approximate surface area is 201 Å². The molecule has 1 saturated heterocycles. The molecule has 10 nitrogen and oxygen atoms in total. The number of hydrogen-bond donors (Lipinski definition) is 3. The van der Waals surface area contributed by atoms with Crippen LogP contribution in [-0.4, -0.2) is 52.5 Å². The number of nitrogens with one attached hydrogen (secondary N) is 1. The quantitative estimate of drug-likeness (QED) is 0.350. The number of aryl methyl sites for hydroxylation is 1. The summed E-state index contributed by atoms with van der Waals surface area (Å²) in [6.07, 6.45) is 7.03. The summed E-state index contributed by atoms with van der Waals surface area (Å²) in [5.41, 5.74) is 4.34. The number of rotatable bonds is 8. The third-order valence-electron chi connectivity index (χ3n) is 5.95. The van der Waals surface area contributed by atoms with Crippen LogP contribution in [0.2, 0.25) is 0 Å². The van der Waals surface area contributed by atoms with Crippen LogP contribution in [0.3, 0.4) is 0 Å². The number of aliphatic hydroxyl groups is 2. The van der Waals surface area contributed by atoms with E-state index in [-0.39, 0.29) is 19.3 Å². The molecule has 3 aromatic heterocycles. The van der Waals surface area contributed by atoms with Gasteiger partial charge in [-0.3, -0.25) is 4.68 Å². The van der Waals surface area contributed by atoms with Crippen molar-refractivity contribution in [1.82, 2.24) is 29.1 Å². The van der Waals surface area contributed by atoms with Crippen LogP contribution in [0.15, 0.2) is 43.0 Å². The van der Waals surface area contributed by atoms with Gasteiger partial charge in [0.25, 0.3) is 0 Å². The average molecular weight is 479 g/mol. The van der Waals surface area contributed by atoms with Gasteiger partial charge in [-0.15, -0.1) is 0 Å². The summed E-state index contributed by atoms with van der Waals surface area (Å²) in [6, 6.07) is 8.76. The largest absolute Gasteiger partial charge is 0.394 e. The molecule has 1 atom stereocenters. The minimum Gasteiger partial charge on any atom is -0.394 e. The Balaban J connectivity index is 1.60. The van der Waals surface area contributed by atoms with E-state index in [0.29, 0.717) is 34.7 Å². The van der Waals surface area contributed by atoms with E-state index in [1.54, 1.807) is 10.9 Å². The summed E-state index contributed by atoms with van der Waals surface area (Å²) in [5, 5.41) is 27.7. The standard InChI is InChI=1S/C23H26N8O2S/c1-15-4-6-16(7-5-15)19-3-2-8-31(19)22-27-20(17-11-25-30(12-17)9-10-32)18(13-33)21(28-22)29-23-24-14-26-34-23/h4-7,11-12,14,19,32-33H,2-3,8-10,13H2,1H3,(H,24,26,27,28,29)/t19-/m0/s1. The lowest BCUT2D eigenvalue weighted by atomic mass is 10.0. The molecule has 4 aromatic rings. The Hall–Kier alpha value is -3.41. The molecule has 0 amide bonds. The number of anilines is 3. The summed E-state index contributed by atoms with van der Waals surface area (Å²) >= 11 is 1.21. The van der Waals surface area contributed by atoms with E-state index in [1.165, 1.54) is 29.0 Å². The van der Waals surface area contributed by atoms with Gasteiger partial charge in [0.05, 0.1) is 37.7 Å². The van der Waals surface area contributed by atoms with Crippen molar-refractivity contribution < 1.29 is 10.2 Å². The van der Waals surface area contributed by atoms with E-state index in [4.69, 9.17) is 9.97 Å². The van der Waals surface area contributed by atoms with Crippen LogP contribution in [0, 0.1) is 6.92 Å². The van der Waals surface area contributed by atoms with Gasteiger partial charge in [-0.1, -0.05) is 29.8 Å². The lowest BCUT2D eigenvalue weighted by Gasteiger charge is -2.26. The number of aliphatic hydroxyl groups excluding tert-OH is 2. The molecule has 34 heavy (non-hydrogen) atoms. The first-order valence-electron chi connectivity index (χ1n) is 11.2. The van der Waals surface area contributed by atoms with Gasteiger partial charge in [0.2, 0.25) is 11.1 Å². The first-order valence-corrected chi connectivity index (χ1v) is 12.0. The lowest BCUT2D eigenvalue weighted by Crippen LogP contribution is -2.25. The van der Waals surface area contributed by atoms with Gasteiger partial charge in [-0.25, -0.2) is 9.97 Å². The zero-order valence-corrected chi connectivity index (χ0v) is 19.6.